The number of rotatable bonds is 4. The van der Waals surface area contributed by atoms with Crippen molar-refractivity contribution in [2.45, 2.75) is 19.0 Å². The van der Waals surface area contributed by atoms with E-state index in [4.69, 9.17) is 0 Å². The van der Waals surface area contributed by atoms with Crippen LogP contribution in [0, 0.1) is 0 Å². The Labute approximate surface area is 183 Å². The van der Waals surface area contributed by atoms with Crippen LogP contribution < -0.4 is 20.4 Å². The number of amides is 2. The van der Waals surface area contributed by atoms with Crippen molar-refractivity contribution in [2.75, 3.05) is 68.5 Å². The lowest BCUT2D eigenvalue weighted by molar-refractivity contribution is 0.178. The Bertz CT molecular complexity index is 935. The largest absolute Gasteiger partial charge is 0.369 e. The molecule has 2 fully saturated rings. The van der Waals surface area contributed by atoms with Gasteiger partial charge < -0.3 is 25.3 Å². The normalized spacial score (nSPS) is 22.1. The molecule has 2 amide bonds. The van der Waals surface area contributed by atoms with E-state index >= 15 is 0 Å². The predicted molar refractivity (Wildman–Crippen MR) is 122 cm³/mol. The van der Waals surface area contributed by atoms with Gasteiger partial charge in [-0.15, -0.1) is 0 Å². The van der Waals surface area contributed by atoms with Crippen molar-refractivity contribution in [3.8, 4) is 0 Å². The number of nitrogens with one attached hydrogen (secondary N) is 2. The summed E-state index contributed by atoms with van der Waals surface area (Å²) >= 11 is 0. The van der Waals surface area contributed by atoms with Gasteiger partial charge >= 0.3 is 6.03 Å². The van der Waals surface area contributed by atoms with E-state index in [0.29, 0.717) is 18.3 Å². The van der Waals surface area contributed by atoms with Crippen LogP contribution in [-0.4, -0.2) is 85.2 Å². The lowest BCUT2D eigenvalue weighted by Crippen LogP contribution is -2.51. The maximum Gasteiger partial charge on any atom is 0.326 e. The zero-order chi connectivity index (χ0) is 21.4. The van der Waals surface area contributed by atoms with Crippen molar-refractivity contribution in [1.82, 2.24) is 25.1 Å². The summed E-state index contributed by atoms with van der Waals surface area (Å²) in [7, 11) is 3.95. The molecule has 164 valence electrons. The molecule has 3 aliphatic rings. The molecule has 31 heavy (non-hydrogen) atoms. The van der Waals surface area contributed by atoms with Gasteiger partial charge in [-0.1, -0.05) is 0 Å². The fourth-order valence-corrected chi connectivity index (χ4v) is 4.53. The maximum atomic E-state index is 12.9. The zero-order valence-electron chi connectivity index (χ0n) is 18.2. The van der Waals surface area contributed by atoms with E-state index in [1.54, 1.807) is 11.9 Å². The van der Waals surface area contributed by atoms with Gasteiger partial charge in [0, 0.05) is 68.9 Å². The van der Waals surface area contributed by atoms with Crippen LogP contribution in [0.15, 0.2) is 30.5 Å². The van der Waals surface area contributed by atoms with Crippen molar-refractivity contribution >= 4 is 29.2 Å². The SMILES string of the molecule is CN1CCN(c2ccc(Nc3ncc4c(n3)N(C)C(=O)N([C@H]3CCNC3)C4)cc2)CC1. The Balaban J connectivity index is 1.28. The van der Waals surface area contributed by atoms with Crippen LogP contribution in [0.3, 0.4) is 0 Å². The van der Waals surface area contributed by atoms with Crippen molar-refractivity contribution in [1.29, 1.82) is 0 Å². The van der Waals surface area contributed by atoms with E-state index in [9.17, 15) is 4.79 Å². The molecule has 1 atom stereocenters. The summed E-state index contributed by atoms with van der Waals surface area (Å²) < 4.78 is 0. The Morgan fingerprint density at radius 2 is 1.87 bits per heavy atom. The van der Waals surface area contributed by atoms with Crippen molar-refractivity contribution < 1.29 is 4.79 Å². The first-order valence-corrected chi connectivity index (χ1v) is 11.0. The first kappa shape index (κ1) is 20.0. The monoisotopic (exact) mass is 422 g/mol. The lowest BCUT2D eigenvalue weighted by Gasteiger charge is -2.37. The third-order valence-electron chi connectivity index (χ3n) is 6.50. The Hall–Kier alpha value is -2.91. The molecule has 1 aromatic heterocycles. The summed E-state index contributed by atoms with van der Waals surface area (Å²) in [5.74, 6) is 1.18. The Kier molecular flexibility index (Phi) is 5.37. The van der Waals surface area contributed by atoms with E-state index in [-0.39, 0.29) is 12.1 Å². The second kappa shape index (κ2) is 8.32. The molecule has 0 aliphatic carbocycles. The van der Waals surface area contributed by atoms with E-state index in [2.05, 4.69) is 61.7 Å². The number of likely N-dealkylation sites (N-methyl/N-ethyl adjacent to an activating group) is 1. The highest BCUT2D eigenvalue weighted by Gasteiger charge is 2.35. The lowest BCUT2D eigenvalue weighted by atomic mass is 10.1. The average molecular weight is 423 g/mol. The summed E-state index contributed by atoms with van der Waals surface area (Å²) in [4.78, 5) is 30.4. The topological polar surface area (TPSA) is 79.9 Å². The molecule has 2 N–H and O–H groups in total. The van der Waals surface area contributed by atoms with Gasteiger partial charge in [0.25, 0.3) is 0 Å². The summed E-state index contributed by atoms with van der Waals surface area (Å²) in [5.41, 5.74) is 3.14. The number of urea groups is 1. The molecule has 2 saturated heterocycles. The second-order valence-electron chi connectivity index (χ2n) is 8.62. The second-order valence-corrected chi connectivity index (χ2v) is 8.62. The third-order valence-corrected chi connectivity index (χ3v) is 6.50. The van der Waals surface area contributed by atoms with Crippen LogP contribution in [0.25, 0.3) is 0 Å². The van der Waals surface area contributed by atoms with Gasteiger partial charge in [0.1, 0.15) is 5.82 Å². The fourth-order valence-electron chi connectivity index (χ4n) is 4.53. The van der Waals surface area contributed by atoms with Gasteiger partial charge in [0.05, 0.1) is 6.54 Å². The molecule has 4 heterocycles. The first-order chi connectivity index (χ1) is 15.1. The number of piperazine rings is 1. The highest BCUT2D eigenvalue weighted by molar-refractivity contribution is 5.93. The number of hydrogen-bond donors (Lipinski definition) is 2. The minimum atomic E-state index is 0.00220. The smallest absolute Gasteiger partial charge is 0.326 e. The van der Waals surface area contributed by atoms with Gasteiger partial charge in [-0.2, -0.15) is 4.98 Å². The van der Waals surface area contributed by atoms with Crippen LogP contribution in [-0.2, 0) is 6.54 Å². The van der Waals surface area contributed by atoms with Gasteiger partial charge in [-0.3, -0.25) is 4.90 Å². The molecule has 0 radical (unpaired) electrons. The van der Waals surface area contributed by atoms with Crippen LogP contribution in [0.5, 0.6) is 0 Å². The molecule has 0 saturated carbocycles. The molecule has 9 nitrogen and oxygen atoms in total. The number of benzene rings is 1. The molecule has 5 rings (SSSR count). The van der Waals surface area contributed by atoms with Crippen molar-refractivity contribution in [3.05, 3.63) is 36.0 Å². The number of fused-ring (bicyclic) bond motifs is 1. The Morgan fingerprint density at radius 3 is 2.58 bits per heavy atom. The summed E-state index contributed by atoms with van der Waals surface area (Å²) in [5, 5.41) is 6.62. The molecule has 3 aliphatic heterocycles. The number of carbonyl (C=O) groups excluding carboxylic acids is 1. The standard InChI is InChI=1S/C22H30N8O/c1-27-9-11-29(12-10-27)18-5-3-17(4-6-18)25-21-24-13-16-15-30(19-7-8-23-14-19)22(31)28(2)20(16)26-21/h3-6,13,19,23H,7-12,14-15H2,1-2H3,(H,24,25,26)/t19-/m0/s1. The van der Waals surface area contributed by atoms with E-state index in [0.717, 1.165) is 56.9 Å². The highest BCUT2D eigenvalue weighted by atomic mass is 16.2. The third kappa shape index (κ3) is 4.03. The number of anilines is 4. The highest BCUT2D eigenvalue weighted by Crippen LogP contribution is 2.29. The average Bonchev–Trinajstić information content (AvgIpc) is 3.32. The number of nitrogens with zero attached hydrogens (tertiary/aromatic N) is 6. The van der Waals surface area contributed by atoms with Gasteiger partial charge in [0.2, 0.25) is 5.95 Å². The molecule has 0 bridgehead atoms. The quantitative estimate of drug-likeness (QED) is 0.776. The van der Waals surface area contributed by atoms with E-state index < -0.39 is 0 Å². The molecule has 9 heteroatoms. The minimum Gasteiger partial charge on any atom is -0.369 e. The Morgan fingerprint density at radius 1 is 1.10 bits per heavy atom. The minimum absolute atomic E-state index is 0.00220. The number of aromatic nitrogens is 2. The van der Waals surface area contributed by atoms with Gasteiger partial charge in [0.15, 0.2) is 0 Å². The van der Waals surface area contributed by atoms with Crippen LogP contribution in [0.2, 0.25) is 0 Å². The zero-order valence-corrected chi connectivity index (χ0v) is 18.2. The van der Waals surface area contributed by atoms with Gasteiger partial charge in [-0.25, -0.2) is 9.78 Å². The van der Waals surface area contributed by atoms with Crippen LogP contribution >= 0.6 is 0 Å². The molecular formula is C22H30N8O. The molecule has 0 spiro atoms. The molecule has 2 aromatic rings. The maximum absolute atomic E-state index is 12.9. The van der Waals surface area contributed by atoms with Gasteiger partial charge in [-0.05, 0) is 44.3 Å². The van der Waals surface area contributed by atoms with Crippen LogP contribution in [0.4, 0.5) is 27.9 Å². The summed E-state index contributed by atoms with van der Waals surface area (Å²) in [6.07, 6.45) is 2.82. The summed E-state index contributed by atoms with van der Waals surface area (Å²) in [6.45, 7) is 6.63. The first-order valence-electron chi connectivity index (χ1n) is 11.0. The number of carbonyl (C=O) groups is 1. The number of hydrogen-bond acceptors (Lipinski definition) is 7. The molecular weight excluding hydrogens is 392 g/mol. The van der Waals surface area contributed by atoms with Crippen LogP contribution in [0.1, 0.15) is 12.0 Å². The molecule has 0 unspecified atom stereocenters. The van der Waals surface area contributed by atoms with Crippen molar-refractivity contribution in [2.24, 2.45) is 0 Å². The molecule has 1 aromatic carbocycles. The van der Waals surface area contributed by atoms with E-state index in [1.165, 1.54) is 5.69 Å². The van der Waals surface area contributed by atoms with Crippen molar-refractivity contribution in [3.63, 3.8) is 0 Å². The summed E-state index contributed by atoms with van der Waals surface area (Å²) in [6, 6.07) is 8.62. The predicted octanol–water partition coefficient (Wildman–Crippen LogP) is 1.71. The van der Waals surface area contributed by atoms with E-state index in [1.807, 2.05) is 11.1 Å². The fraction of sp³-hybridized carbons (Fsp3) is 0.500.